The summed E-state index contributed by atoms with van der Waals surface area (Å²) in [6.45, 7) is 1.84. The Bertz CT molecular complexity index is 1140. The number of nitrogens with zero attached hydrogens (tertiary/aromatic N) is 1. The van der Waals surface area contributed by atoms with Crippen molar-refractivity contribution in [3.05, 3.63) is 90.3 Å². The molecule has 1 unspecified atom stereocenters. The normalized spacial score (nSPS) is 11.9. The Morgan fingerprint density at radius 2 is 1.73 bits per heavy atom. The Balaban J connectivity index is 1.28. The van der Waals surface area contributed by atoms with Gasteiger partial charge >= 0.3 is 5.97 Å². The van der Waals surface area contributed by atoms with E-state index in [0.29, 0.717) is 31.2 Å². The van der Waals surface area contributed by atoms with Gasteiger partial charge in [0.15, 0.2) is 11.7 Å². The number of carboxylic acids is 1. The molecule has 0 spiro atoms. The second-order valence-corrected chi connectivity index (χ2v) is 7.48. The van der Waals surface area contributed by atoms with Crippen LogP contribution in [0, 0.1) is 0 Å². The topological polar surface area (TPSA) is 93.8 Å². The summed E-state index contributed by atoms with van der Waals surface area (Å²) in [5.41, 5.74) is 1.71. The summed E-state index contributed by atoms with van der Waals surface area (Å²) in [5.74, 6) is 0.704. The SMILES string of the molecule is O=C(O)c1ccccc1OCCCNCCC(Oc1ccccc1)c1nc2ccccc2o1. The second kappa shape index (κ2) is 11.2. The van der Waals surface area contributed by atoms with Gasteiger partial charge in [-0.3, -0.25) is 0 Å². The quantitative estimate of drug-likeness (QED) is 0.293. The van der Waals surface area contributed by atoms with Crippen molar-refractivity contribution in [3.8, 4) is 11.5 Å². The van der Waals surface area contributed by atoms with Crippen LogP contribution >= 0.6 is 0 Å². The maximum Gasteiger partial charge on any atom is 0.339 e. The van der Waals surface area contributed by atoms with Gasteiger partial charge in [-0.05, 0) is 55.9 Å². The zero-order chi connectivity index (χ0) is 22.9. The molecule has 1 heterocycles. The molecular weight excluding hydrogens is 420 g/mol. The number of nitrogens with one attached hydrogen (secondary N) is 1. The molecular formula is C26H26N2O5. The number of oxazole rings is 1. The van der Waals surface area contributed by atoms with Crippen LogP contribution in [0.3, 0.4) is 0 Å². The van der Waals surface area contributed by atoms with Gasteiger partial charge in [-0.25, -0.2) is 9.78 Å². The lowest BCUT2D eigenvalue weighted by atomic mass is 10.2. The minimum Gasteiger partial charge on any atom is -0.493 e. The maximum absolute atomic E-state index is 11.2. The van der Waals surface area contributed by atoms with Gasteiger partial charge in [-0.15, -0.1) is 0 Å². The van der Waals surface area contributed by atoms with Crippen LogP contribution in [0.4, 0.5) is 0 Å². The van der Waals surface area contributed by atoms with Crippen molar-refractivity contribution < 1.29 is 23.8 Å². The monoisotopic (exact) mass is 446 g/mol. The molecule has 0 aliphatic rings. The average molecular weight is 447 g/mol. The Morgan fingerprint density at radius 1 is 0.970 bits per heavy atom. The van der Waals surface area contributed by atoms with E-state index >= 15 is 0 Å². The molecule has 2 N–H and O–H groups in total. The summed E-state index contributed by atoms with van der Waals surface area (Å²) in [4.78, 5) is 15.9. The van der Waals surface area contributed by atoms with Crippen LogP contribution in [0.1, 0.15) is 35.2 Å². The number of hydrogen-bond donors (Lipinski definition) is 2. The molecule has 0 fully saturated rings. The number of hydrogen-bond acceptors (Lipinski definition) is 6. The summed E-state index contributed by atoms with van der Waals surface area (Å²) in [7, 11) is 0. The minimum atomic E-state index is -0.993. The third-order valence-corrected chi connectivity index (χ3v) is 5.06. The lowest BCUT2D eigenvalue weighted by molar-refractivity contribution is 0.0692. The number of ether oxygens (including phenoxy) is 2. The highest BCUT2D eigenvalue weighted by Gasteiger charge is 2.20. The van der Waals surface area contributed by atoms with Gasteiger partial charge in [-0.1, -0.05) is 42.5 Å². The van der Waals surface area contributed by atoms with Crippen molar-refractivity contribution in [1.29, 1.82) is 0 Å². The molecule has 7 heteroatoms. The molecule has 0 saturated carbocycles. The minimum absolute atomic E-state index is 0.171. The van der Waals surface area contributed by atoms with Crippen molar-refractivity contribution >= 4 is 17.1 Å². The van der Waals surface area contributed by atoms with Crippen LogP contribution in [-0.2, 0) is 0 Å². The van der Waals surface area contributed by atoms with E-state index in [2.05, 4.69) is 10.3 Å². The molecule has 0 saturated heterocycles. The number of fused-ring (bicyclic) bond motifs is 1. The van der Waals surface area contributed by atoms with Crippen molar-refractivity contribution in [1.82, 2.24) is 10.3 Å². The van der Waals surface area contributed by atoms with E-state index in [9.17, 15) is 9.90 Å². The molecule has 33 heavy (non-hydrogen) atoms. The molecule has 1 aromatic heterocycles. The highest BCUT2D eigenvalue weighted by atomic mass is 16.5. The van der Waals surface area contributed by atoms with Crippen LogP contribution in [-0.4, -0.2) is 35.8 Å². The van der Waals surface area contributed by atoms with Crippen LogP contribution in [0.15, 0.2) is 83.3 Å². The predicted octanol–water partition coefficient (Wildman–Crippen LogP) is 5.09. The molecule has 3 aromatic carbocycles. The van der Waals surface area contributed by atoms with E-state index in [1.54, 1.807) is 18.2 Å². The summed E-state index contributed by atoms with van der Waals surface area (Å²) in [6.07, 6.45) is 1.08. The molecule has 1 atom stereocenters. The number of para-hydroxylation sites is 4. The fraction of sp³-hybridized carbons (Fsp3) is 0.231. The summed E-state index contributed by atoms with van der Waals surface area (Å²) in [5, 5.41) is 12.6. The van der Waals surface area contributed by atoms with E-state index in [4.69, 9.17) is 13.9 Å². The number of rotatable bonds is 12. The smallest absolute Gasteiger partial charge is 0.339 e. The molecule has 0 radical (unpaired) electrons. The molecule has 0 bridgehead atoms. The summed E-state index contributed by atoms with van der Waals surface area (Å²) >= 11 is 0. The highest BCUT2D eigenvalue weighted by Crippen LogP contribution is 2.27. The highest BCUT2D eigenvalue weighted by molar-refractivity contribution is 5.90. The van der Waals surface area contributed by atoms with Crippen molar-refractivity contribution in [3.63, 3.8) is 0 Å². The first-order valence-corrected chi connectivity index (χ1v) is 10.9. The first kappa shape index (κ1) is 22.4. The van der Waals surface area contributed by atoms with Gasteiger partial charge in [0.05, 0.1) is 6.61 Å². The fourth-order valence-corrected chi connectivity index (χ4v) is 3.43. The van der Waals surface area contributed by atoms with Gasteiger partial charge in [0, 0.05) is 6.42 Å². The lowest BCUT2D eigenvalue weighted by Crippen LogP contribution is -2.22. The molecule has 4 aromatic rings. The standard InChI is InChI=1S/C26H26N2O5/c29-26(30)20-11-4-6-13-22(20)31-18-8-16-27-17-15-24(32-19-9-2-1-3-10-19)25-28-21-12-5-7-14-23(21)33-25/h1-7,9-14,24,27H,8,15-18H2,(H,29,30). The van der Waals surface area contributed by atoms with Crippen LogP contribution in [0.5, 0.6) is 11.5 Å². The van der Waals surface area contributed by atoms with Gasteiger partial charge in [0.2, 0.25) is 5.89 Å². The first-order valence-electron chi connectivity index (χ1n) is 10.9. The van der Waals surface area contributed by atoms with Crippen molar-refractivity contribution in [2.75, 3.05) is 19.7 Å². The third kappa shape index (κ3) is 6.11. The fourth-order valence-electron chi connectivity index (χ4n) is 3.43. The van der Waals surface area contributed by atoms with E-state index in [0.717, 1.165) is 29.8 Å². The average Bonchev–Trinajstić information content (AvgIpc) is 3.28. The number of carbonyl (C=O) groups is 1. The zero-order valence-electron chi connectivity index (χ0n) is 18.1. The molecule has 0 aliphatic carbocycles. The number of aromatic carboxylic acids is 1. The molecule has 4 rings (SSSR count). The van der Waals surface area contributed by atoms with Crippen LogP contribution in [0.2, 0.25) is 0 Å². The molecule has 0 amide bonds. The summed E-state index contributed by atoms with van der Waals surface area (Å²) in [6, 6.07) is 23.9. The molecule has 7 nitrogen and oxygen atoms in total. The lowest BCUT2D eigenvalue weighted by Gasteiger charge is -2.16. The predicted molar refractivity (Wildman–Crippen MR) is 125 cm³/mol. The van der Waals surface area contributed by atoms with E-state index in [1.807, 2.05) is 54.6 Å². The number of carboxylic acid groups (broad SMARTS) is 1. The third-order valence-electron chi connectivity index (χ3n) is 5.06. The second-order valence-electron chi connectivity index (χ2n) is 7.48. The first-order chi connectivity index (χ1) is 16.2. The van der Waals surface area contributed by atoms with E-state index < -0.39 is 5.97 Å². The van der Waals surface area contributed by atoms with E-state index in [-0.39, 0.29) is 11.7 Å². The van der Waals surface area contributed by atoms with Crippen LogP contribution < -0.4 is 14.8 Å². The largest absolute Gasteiger partial charge is 0.493 e. The van der Waals surface area contributed by atoms with Gasteiger partial charge in [0.25, 0.3) is 0 Å². The van der Waals surface area contributed by atoms with Crippen LogP contribution in [0.25, 0.3) is 11.1 Å². The molecule has 170 valence electrons. The zero-order valence-corrected chi connectivity index (χ0v) is 18.1. The Kier molecular flexibility index (Phi) is 7.56. The van der Waals surface area contributed by atoms with Crippen molar-refractivity contribution in [2.24, 2.45) is 0 Å². The Morgan fingerprint density at radius 3 is 2.55 bits per heavy atom. The van der Waals surface area contributed by atoms with Gasteiger partial charge < -0.3 is 24.3 Å². The Labute approximate surface area is 192 Å². The van der Waals surface area contributed by atoms with Crippen molar-refractivity contribution in [2.45, 2.75) is 18.9 Å². The van der Waals surface area contributed by atoms with E-state index in [1.165, 1.54) is 6.07 Å². The summed E-state index contributed by atoms with van der Waals surface area (Å²) < 4.78 is 17.8. The maximum atomic E-state index is 11.2. The number of aromatic nitrogens is 1. The Hall–Kier alpha value is -3.84. The molecule has 0 aliphatic heterocycles. The van der Waals surface area contributed by atoms with Gasteiger partial charge in [0.1, 0.15) is 22.6 Å². The number of benzene rings is 3. The van der Waals surface area contributed by atoms with Gasteiger partial charge in [-0.2, -0.15) is 0 Å².